The Morgan fingerprint density at radius 1 is 1.15 bits per heavy atom. The molecule has 0 aliphatic carbocycles. The van der Waals surface area contributed by atoms with Gasteiger partial charge in [-0.25, -0.2) is 0 Å². The van der Waals surface area contributed by atoms with Gasteiger partial charge in [-0.2, -0.15) is 0 Å². The molecular weight excluding hydrogens is 244 g/mol. The highest BCUT2D eigenvalue weighted by molar-refractivity contribution is 5.36. The second-order valence-corrected chi connectivity index (χ2v) is 7.26. The van der Waals surface area contributed by atoms with Gasteiger partial charge < -0.3 is 5.73 Å². The van der Waals surface area contributed by atoms with Crippen LogP contribution >= 0.6 is 0 Å². The first-order valence-corrected chi connectivity index (χ1v) is 7.91. The largest absolute Gasteiger partial charge is 0.326 e. The van der Waals surface area contributed by atoms with Crippen molar-refractivity contribution in [1.82, 2.24) is 4.90 Å². The van der Waals surface area contributed by atoms with E-state index in [-0.39, 0.29) is 11.6 Å². The topological polar surface area (TPSA) is 29.3 Å². The van der Waals surface area contributed by atoms with Crippen LogP contribution < -0.4 is 5.73 Å². The van der Waals surface area contributed by atoms with Crippen LogP contribution in [-0.2, 0) is 0 Å². The molecule has 2 N–H and O–H groups in total. The number of likely N-dealkylation sites (tertiary alicyclic amines) is 1. The predicted molar refractivity (Wildman–Crippen MR) is 86.9 cm³/mol. The van der Waals surface area contributed by atoms with E-state index in [0.717, 1.165) is 13.0 Å². The third-order valence-corrected chi connectivity index (χ3v) is 4.75. The van der Waals surface area contributed by atoms with Crippen molar-refractivity contribution >= 4 is 0 Å². The van der Waals surface area contributed by atoms with Crippen LogP contribution in [0.4, 0.5) is 0 Å². The van der Waals surface area contributed by atoms with Crippen LogP contribution in [0.15, 0.2) is 18.2 Å². The smallest absolute Gasteiger partial charge is 0.0507 e. The number of nitrogens with two attached hydrogens (primary N) is 1. The average Bonchev–Trinajstić information content (AvgIpc) is 2.54. The first-order chi connectivity index (χ1) is 9.32. The summed E-state index contributed by atoms with van der Waals surface area (Å²) in [5.74, 6) is 0. The Balaban J connectivity index is 2.48. The summed E-state index contributed by atoms with van der Waals surface area (Å²) in [6, 6.07) is 7.23. The standard InChI is InChI=1S/C18H30N2/c1-13-9-8-10-15(14(13)2)17-16(19)11-6-7-12-20(17)18(3,4)5/h8-10,16-17H,6-7,11-12,19H2,1-5H3. The number of benzene rings is 1. The molecule has 2 unspecified atom stereocenters. The van der Waals surface area contributed by atoms with Crippen LogP contribution in [0.25, 0.3) is 0 Å². The molecule has 0 spiro atoms. The van der Waals surface area contributed by atoms with Gasteiger partial charge in [0.25, 0.3) is 0 Å². The minimum Gasteiger partial charge on any atom is -0.326 e. The molecule has 0 bridgehead atoms. The van der Waals surface area contributed by atoms with E-state index < -0.39 is 0 Å². The maximum atomic E-state index is 6.58. The van der Waals surface area contributed by atoms with E-state index in [1.54, 1.807) is 0 Å². The molecule has 1 heterocycles. The Morgan fingerprint density at radius 3 is 2.50 bits per heavy atom. The minimum atomic E-state index is 0.156. The molecule has 2 rings (SSSR count). The minimum absolute atomic E-state index is 0.156. The second-order valence-electron chi connectivity index (χ2n) is 7.26. The Bertz CT molecular complexity index is 459. The normalized spacial score (nSPS) is 25.5. The lowest BCUT2D eigenvalue weighted by Gasteiger charge is -2.43. The number of hydrogen-bond acceptors (Lipinski definition) is 2. The van der Waals surface area contributed by atoms with Gasteiger partial charge in [-0.15, -0.1) is 0 Å². The summed E-state index contributed by atoms with van der Waals surface area (Å²) in [4.78, 5) is 2.62. The molecule has 0 aromatic heterocycles. The van der Waals surface area contributed by atoms with Gasteiger partial charge in [0, 0.05) is 11.6 Å². The van der Waals surface area contributed by atoms with Crippen LogP contribution in [0.2, 0.25) is 0 Å². The fraction of sp³-hybridized carbons (Fsp3) is 0.667. The fourth-order valence-corrected chi connectivity index (χ4v) is 3.44. The Kier molecular flexibility index (Phi) is 4.55. The maximum absolute atomic E-state index is 6.58. The summed E-state index contributed by atoms with van der Waals surface area (Å²) in [5, 5.41) is 0. The zero-order valence-electron chi connectivity index (χ0n) is 13.7. The molecule has 1 aromatic rings. The lowest BCUT2D eigenvalue weighted by Crippen LogP contribution is -2.49. The molecule has 112 valence electrons. The number of nitrogens with zero attached hydrogens (tertiary/aromatic N) is 1. The maximum Gasteiger partial charge on any atom is 0.0507 e. The molecule has 0 amide bonds. The van der Waals surface area contributed by atoms with E-state index in [1.165, 1.54) is 29.5 Å². The molecule has 0 saturated carbocycles. The van der Waals surface area contributed by atoms with Crippen molar-refractivity contribution < 1.29 is 0 Å². The van der Waals surface area contributed by atoms with E-state index in [9.17, 15) is 0 Å². The van der Waals surface area contributed by atoms with Gasteiger partial charge in [0.1, 0.15) is 0 Å². The highest BCUT2D eigenvalue weighted by Gasteiger charge is 2.35. The third-order valence-electron chi connectivity index (χ3n) is 4.75. The van der Waals surface area contributed by atoms with Gasteiger partial charge >= 0.3 is 0 Å². The predicted octanol–water partition coefficient (Wildman–Crippen LogP) is 3.96. The molecule has 2 heteroatoms. The van der Waals surface area contributed by atoms with Crippen LogP contribution in [0, 0.1) is 13.8 Å². The van der Waals surface area contributed by atoms with Crippen molar-refractivity contribution in [3.05, 3.63) is 34.9 Å². The highest BCUT2D eigenvalue weighted by Crippen LogP contribution is 2.36. The molecule has 1 saturated heterocycles. The van der Waals surface area contributed by atoms with E-state index in [0.29, 0.717) is 6.04 Å². The molecule has 2 nitrogen and oxygen atoms in total. The van der Waals surface area contributed by atoms with E-state index in [2.05, 4.69) is 57.7 Å². The van der Waals surface area contributed by atoms with Gasteiger partial charge in [-0.3, -0.25) is 4.90 Å². The first kappa shape index (κ1) is 15.5. The Labute approximate surface area is 124 Å². The summed E-state index contributed by atoms with van der Waals surface area (Å²) in [6.45, 7) is 12.5. The molecular formula is C18H30N2. The first-order valence-electron chi connectivity index (χ1n) is 7.91. The number of aryl methyl sites for hydroxylation is 1. The summed E-state index contributed by atoms with van der Waals surface area (Å²) in [6.07, 6.45) is 3.63. The quantitative estimate of drug-likeness (QED) is 0.840. The molecule has 20 heavy (non-hydrogen) atoms. The molecule has 1 aliphatic rings. The van der Waals surface area contributed by atoms with Gasteiger partial charge in [-0.1, -0.05) is 24.6 Å². The summed E-state index contributed by atoms with van der Waals surface area (Å²) >= 11 is 0. The highest BCUT2D eigenvalue weighted by atomic mass is 15.2. The lowest BCUT2D eigenvalue weighted by molar-refractivity contribution is 0.0752. The fourth-order valence-electron chi connectivity index (χ4n) is 3.44. The zero-order chi connectivity index (χ0) is 14.9. The number of hydrogen-bond donors (Lipinski definition) is 1. The van der Waals surface area contributed by atoms with Gasteiger partial charge in [0.2, 0.25) is 0 Å². The van der Waals surface area contributed by atoms with Crippen molar-refractivity contribution in [2.45, 2.75) is 71.5 Å². The SMILES string of the molecule is Cc1cccc(C2C(N)CCCCN2C(C)(C)C)c1C. The average molecular weight is 274 g/mol. The van der Waals surface area contributed by atoms with Crippen LogP contribution in [0.5, 0.6) is 0 Å². The summed E-state index contributed by atoms with van der Waals surface area (Å²) in [7, 11) is 0. The summed E-state index contributed by atoms with van der Waals surface area (Å²) in [5.41, 5.74) is 10.9. The molecule has 1 aromatic carbocycles. The van der Waals surface area contributed by atoms with Gasteiger partial charge in [0.05, 0.1) is 6.04 Å². The Morgan fingerprint density at radius 2 is 1.85 bits per heavy atom. The van der Waals surface area contributed by atoms with Crippen molar-refractivity contribution in [2.24, 2.45) is 5.73 Å². The molecule has 1 fully saturated rings. The molecule has 1 aliphatic heterocycles. The zero-order valence-corrected chi connectivity index (χ0v) is 13.7. The third kappa shape index (κ3) is 3.07. The molecule has 0 radical (unpaired) electrons. The Hall–Kier alpha value is -0.860. The van der Waals surface area contributed by atoms with Crippen molar-refractivity contribution in [2.75, 3.05) is 6.54 Å². The second kappa shape index (κ2) is 5.87. The van der Waals surface area contributed by atoms with Gasteiger partial charge in [-0.05, 0) is 70.7 Å². The van der Waals surface area contributed by atoms with Crippen LogP contribution in [0.3, 0.4) is 0 Å². The van der Waals surface area contributed by atoms with E-state index in [1.807, 2.05) is 0 Å². The van der Waals surface area contributed by atoms with Crippen molar-refractivity contribution in [3.63, 3.8) is 0 Å². The van der Waals surface area contributed by atoms with Crippen molar-refractivity contribution in [3.8, 4) is 0 Å². The van der Waals surface area contributed by atoms with Crippen LogP contribution in [-0.4, -0.2) is 23.0 Å². The summed E-state index contributed by atoms with van der Waals surface area (Å²) < 4.78 is 0. The van der Waals surface area contributed by atoms with E-state index >= 15 is 0 Å². The number of rotatable bonds is 1. The van der Waals surface area contributed by atoms with Crippen LogP contribution in [0.1, 0.15) is 62.8 Å². The lowest BCUT2D eigenvalue weighted by atomic mass is 9.88. The van der Waals surface area contributed by atoms with Crippen molar-refractivity contribution in [1.29, 1.82) is 0 Å². The van der Waals surface area contributed by atoms with Gasteiger partial charge in [0.15, 0.2) is 0 Å². The monoisotopic (exact) mass is 274 g/mol. The molecule has 2 atom stereocenters. The van der Waals surface area contributed by atoms with E-state index in [4.69, 9.17) is 5.73 Å².